The minimum atomic E-state index is 0.699. The molecule has 1 unspecified atom stereocenters. The van der Waals surface area contributed by atoms with Crippen molar-refractivity contribution >= 4 is 11.8 Å². The van der Waals surface area contributed by atoms with Crippen LogP contribution in [0.25, 0.3) is 0 Å². The van der Waals surface area contributed by atoms with E-state index in [1.165, 1.54) is 36.8 Å². The number of hydrogen-bond acceptors (Lipinski definition) is 2. The van der Waals surface area contributed by atoms with Gasteiger partial charge in [-0.25, -0.2) is 0 Å². The predicted molar refractivity (Wildman–Crippen MR) is 82.2 cm³/mol. The molecule has 1 nitrogen and oxygen atoms in total. The summed E-state index contributed by atoms with van der Waals surface area (Å²) in [7, 11) is 0. The maximum absolute atomic E-state index is 3.71. The average molecular weight is 263 g/mol. The van der Waals surface area contributed by atoms with E-state index in [4.69, 9.17) is 0 Å². The Hall–Kier alpha value is -0.470. The van der Waals surface area contributed by atoms with Crippen molar-refractivity contribution in [1.82, 2.24) is 5.32 Å². The molecule has 0 bridgehead atoms. The first-order chi connectivity index (χ1) is 8.75. The summed E-state index contributed by atoms with van der Waals surface area (Å²) >= 11 is 2.06. The summed E-state index contributed by atoms with van der Waals surface area (Å²) in [5.74, 6) is 1.14. The summed E-state index contributed by atoms with van der Waals surface area (Å²) in [5, 5.41) is 4.41. The zero-order chi connectivity index (χ0) is 12.8. The van der Waals surface area contributed by atoms with Gasteiger partial charge in [0.25, 0.3) is 0 Å². The van der Waals surface area contributed by atoms with Gasteiger partial charge in [0, 0.05) is 23.6 Å². The normalized spacial score (nSPS) is 18.1. The molecule has 100 valence electrons. The van der Waals surface area contributed by atoms with E-state index in [0.717, 1.165) is 18.3 Å². The van der Waals surface area contributed by atoms with Crippen LogP contribution >= 0.6 is 11.8 Å². The van der Waals surface area contributed by atoms with Crippen LogP contribution in [0.15, 0.2) is 24.3 Å². The van der Waals surface area contributed by atoms with Gasteiger partial charge in [0.1, 0.15) is 0 Å². The molecule has 1 atom stereocenters. The van der Waals surface area contributed by atoms with E-state index < -0.39 is 0 Å². The fourth-order valence-electron chi connectivity index (χ4n) is 2.53. The third-order valence-electron chi connectivity index (χ3n) is 3.83. The van der Waals surface area contributed by atoms with Crippen LogP contribution in [0.5, 0.6) is 0 Å². The van der Waals surface area contributed by atoms with Gasteiger partial charge in [-0.2, -0.15) is 11.8 Å². The summed E-state index contributed by atoms with van der Waals surface area (Å²) in [6.07, 6.45) is 5.61. The van der Waals surface area contributed by atoms with E-state index in [9.17, 15) is 0 Å². The first-order valence-corrected chi connectivity index (χ1v) is 8.20. The summed E-state index contributed by atoms with van der Waals surface area (Å²) in [4.78, 5) is 0. The number of thioether (sulfide) groups is 1. The fourth-order valence-corrected chi connectivity index (χ4v) is 3.53. The lowest BCUT2D eigenvalue weighted by atomic mass is 10.1. The Morgan fingerprint density at radius 3 is 2.72 bits per heavy atom. The Morgan fingerprint density at radius 2 is 2.00 bits per heavy atom. The van der Waals surface area contributed by atoms with Crippen molar-refractivity contribution in [3.05, 3.63) is 35.4 Å². The van der Waals surface area contributed by atoms with E-state index in [1.807, 2.05) is 0 Å². The van der Waals surface area contributed by atoms with Crippen molar-refractivity contribution in [3.8, 4) is 0 Å². The molecule has 18 heavy (non-hydrogen) atoms. The number of benzene rings is 1. The van der Waals surface area contributed by atoms with Gasteiger partial charge in [-0.3, -0.25) is 0 Å². The highest BCUT2D eigenvalue weighted by Gasteiger charge is 2.15. The number of hydrogen-bond donors (Lipinski definition) is 1. The highest BCUT2D eigenvalue weighted by molar-refractivity contribution is 7.99. The van der Waals surface area contributed by atoms with Crippen LogP contribution in [0, 0.1) is 6.92 Å². The molecular formula is C16H25NS. The highest BCUT2D eigenvalue weighted by atomic mass is 32.2. The summed E-state index contributed by atoms with van der Waals surface area (Å²) in [6, 6.07) is 9.52. The topological polar surface area (TPSA) is 12.0 Å². The van der Waals surface area contributed by atoms with Crippen molar-refractivity contribution in [2.75, 3.05) is 6.54 Å². The maximum atomic E-state index is 3.71. The van der Waals surface area contributed by atoms with Crippen LogP contribution in [0.2, 0.25) is 0 Å². The summed E-state index contributed by atoms with van der Waals surface area (Å²) < 4.78 is 0. The second-order valence-electron chi connectivity index (χ2n) is 5.44. The van der Waals surface area contributed by atoms with Gasteiger partial charge in [0.2, 0.25) is 0 Å². The molecule has 0 saturated heterocycles. The minimum absolute atomic E-state index is 0.699. The molecule has 1 aliphatic carbocycles. The van der Waals surface area contributed by atoms with E-state index in [0.29, 0.717) is 5.25 Å². The number of nitrogens with one attached hydrogen (secondary N) is 1. The van der Waals surface area contributed by atoms with Gasteiger partial charge in [-0.15, -0.1) is 0 Å². The third-order valence-corrected chi connectivity index (χ3v) is 5.05. The van der Waals surface area contributed by atoms with Gasteiger partial charge < -0.3 is 5.32 Å². The smallest absolute Gasteiger partial charge is 0.0190 e. The third kappa shape index (κ3) is 4.33. The Morgan fingerprint density at radius 1 is 1.28 bits per heavy atom. The molecule has 1 aromatic rings. The van der Waals surface area contributed by atoms with E-state index in [2.05, 4.69) is 55.2 Å². The molecule has 0 amide bonds. The Bertz CT molecular complexity index is 358. The molecule has 1 saturated carbocycles. The number of rotatable bonds is 6. The maximum Gasteiger partial charge on any atom is 0.0190 e. The second kappa shape index (κ2) is 7.20. The van der Waals surface area contributed by atoms with Crippen LogP contribution < -0.4 is 5.32 Å². The van der Waals surface area contributed by atoms with E-state index >= 15 is 0 Å². The average Bonchev–Trinajstić information content (AvgIpc) is 2.88. The molecule has 2 rings (SSSR count). The van der Waals surface area contributed by atoms with Crippen LogP contribution in [-0.4, -0.2) is 17.8 Å². The van der Waals surface area contributed by atoms with Crippen LogP contribution in [-0.2, 0) is 5.75 Å². The van der Waals surface area contributed by atoms with Gasteiger partial charge >= 0.3 is 0 Å². The Balaban J connectivity index is 1.68. The molecule has 0 aliphatic heterocycles. The molecule has 0 heterocycles. The van der Waals surface area contributed by atoms with E-state index in [-0.39, 0.29) is 0 Å². The largest absolute Gasteiger partial charge is 0.313 e. The first-order valence-electron chi connectivity index (χ1n) is 7.15. The Kier molecular flexibility index (Phi) is 5.58. The van der Waals surface area contributed by atoms with Crippen LogP contribution in [0.4, 0.5) is 0 Å². The van der Waals surface area contributed by atoms with Gasteiger partial charge in [-0.05, 0) is 30.9 Å². The first kappa shape index (κ1) is 14.0. The highest BCUT2D eigenvalue weighted by Crippen LogP contribution is 2.21. The summed E-state index contributed by atoms with van der Waals surface area (Å²) in [5.41, 5.74) is 2.90. The van der Waals surface area contributed by atoms with Crippen molar-refractivity contribution in [2.45, 2.75) is 56.6 Å². The lowest BCUT2D eigenvalue weighted by Gasteiger charge is -2.17. The molecule has 0 spiro atoms. The Labute approximate surface area is 116 Å². The van der Waals surface area contributed by atoms with Gasteiger partial charge in [-0.1, -0.05) is 44.0 Å². The molecule has 1 fully saturated rings. The molecule has 1 aromatic carbocycles. The fraction of sp³-hybridized carbons (Fsp3) is 0.625. The van der Waals surface area contributed by atoms with Crippen molar-refractivity contribution < 1.29 is 0 Å². The monoisotopic (exact) mass is 263 g/mol. The summed E-state index contributed by atoms with van der Waals surface area (Å²) in [6.45, 7) is 5.70. The molecule has 0 aromatic heterocycles. The van der Waals surface area contributed by atoms with Crippen LogP contribution in [0.1, 0.15) is 43.7 Å². The van der Waals surface area contributed by atoms with Gasteiger partial charge in [0.05, 0.1) is 0 Å². The molecular weight excluding hydrogens is 238 g/mol. The zero-order valence-electron chi connectivity index (χ0n) is 11.6. The standard InChI is InChI=1S/C16H25NS/c1-13-7-3-4-8-15(13)12-18-14(2)11-17-16-9-5-6-10-16/h3-4,7-8,14,16-17H,5-6,9-12H2,1-2H3. The van der Waals surface area contributed by atoms with Crippen LogP contribution in [0.3, 0.4) is 0 Å². The molecule has 2 heteroatoms. The SMILES string of the molecule is Cc1ccccc1CSC(C)CNC1CCCC1. The zero-order valence-corrected chi connectivity index (χ0v) is 12.4. The molecule has 1 aliphatic rings. The van der Waals surface area contributed by atoms with Gasteiger partial charge in [0.15, 0.2) is 0 Å². The molecule has 1 N–H and O–H groups in total. The quantitative estimate of drug-likeness (QED) is 0.827. The van der Waals surface area contributed by atoms with E-state index in [1.54, 1.807) is 0 Å². The second-order valence-corrected chi connectivity index (χ2v) is 6.86. The predicted octanol–water partition coefficient (Wildman–Crippen LogP) is 4.15. The minimum Gasteiger partial charge on any atom is -0.313 e. The van der Waals surface area contributed by atoms with Crippen molar-refractivity contribution in [3.63, 3.8) is 0 Å². The van der Waals surface area contributed by atoms with Crippen molar-refractivity contribution in [2.24, 2.45) is 0 Å². The molecule has 0 radical (unpaired) electrons. The lowest BCUT2D eigenvalue weighted by Crippen LogP contribution is -2.31. The van der Waals surface area contributed by atoms with Crippen molar-refractivity contribution in [1.29, 1.82) is 0 Å². The number of aryl methyl sites for hydroxylation is 1. The lowest BCUT2D eigenvalue weighted by molar-refractivity contribution is 0.527.